The number of carboxylic acids is 1. The van der Waals surface area contributed by atoms with Crippen LogP contribution in [0.3, 0.4) is 0 Å². The molecule has 0 saturated heterocycles. The van der Waals surface area contributed by atoms with Gasteiger partial charge in [-0.1, -0.05) is 23.2 Å². The number of hydrogen-bond donors (Lipinski definition) is 2. The highest BCUT2D eigenvalue weighted by Crippen LogP contribution is 2.32. The lowest BCUT2D eigenvalue weighted by atomic mass is 10.1. The highest BCUT2D eigenvalue weighted by atomic mass is 35.5. The Morgan fingerprint density at radius 1 is 1.26 bits per heavy atom. The van der Waals surface area contributed by atoms with Gasteiger partial charge < -0.3 is 15.2 Å². The van der Waals surface area contributed by atoms with Gasteiger partial charge in [0.2, 0.25) is 0 Å². The number of anilines is 1. The van der Waals surface area contributed by atoms with Crippen molar-refractivity contribution in [3.8, 4) is 0 Å². The van der Waals surface area contributed by atoms with Crippen LogP contribution in [0.4, 0.5) is 5.69 Å². The van der Waals surface area contributed by atoms with E-state index in [2.05, 4.69) is 5.32 Å². The molecule has 0 bridgehead atoms. The largest absolute Gasteiger partial charge is 0.478 e. The number of aromatic carboxylic acids is 1. The van der Waals surface area contributed by atoms with Gasteiger partial charge in [-0.25, -0.2) is 4.79 Å². The van der Waals surface area contributed by atoms with E-state index in [1.807, 2.05) is 0 Å². The second kappa shape index (κ2) is 5.77. The van der Waals surface area contributed by atoms with Crippen LogP contribution in [0.5, 0.6) is 0 Å². The number of halogens is 2. The van der Waals surface area contributed by atoms with Crippen molar-refractivity contribution in [3.63, 3.8) is 0 Å². The van der Waals surface area contributed by atoms with E-state index in [9.17, 15) is 9.59 Å². The van der Waals surface area contributed by atoms with Gasteiger partial charge in [-0.3, -0.25) is 4.79 Å². The minimum Gasteiger partial charge on any atom is -0.478 e. The van der Waals surface area contributed by atoms with Crippen molar-refractivity contribution in [2.45, 2.75) is 19.4 Å². The van der Waals surface area contributed by atoms with Crippen molar-refractivity contribution in [1.29, 1.82) is 0 Å². The predicted octanol–water partition coefficient (Wildman–Crippen LogP) is 3.06. The van der Waals surface area contributed by atoms with Crippen LogP contribution < -0.4 is 5.32 Å². The van der Waals surface area contributed by atoms with Crippen LogP contribution in [0.25, 0.3) is 0 Å². The van der Waals surface area contributed by atoms with Crippen molar-refractivity contribution in [1.82, 2.24) is 0 Å². The molecule has 0 unspecified atom stereocenters. The fourth-order valence-electron chi connectivity index (χ4n) is 1.24. The molecular weight excluding hydrogens is 293 g/mol. The van der Waals surface area contributed by atoms with Crippen molar-refractivity contribution in [3.05, 3.63) is 27.7 Å². The summed E-state index contributed by atoms with van der Waals surface area (Å²) in [6, 6.07) is 2.76. The number of methoxy groups -OCH3 is 1. The molecule has 0 aliphatic rings. The number of amides is 1. The van der Waals surface area contributed by atoms with Gasteiger partial charge in [0.05, 0.1) is 15.7 Å². The molecule has 0 aliphatic heterocycles. The van der Waals surface area contributed by atoms with E-state index in [1.54, 1.807) is 13.8 Å². The molecule has 0 saturated carbocycles. The zero-order valence-corrected chi connectivity index (χ0v) is 12.1. The average Bonchev–Trinajstić information content (AvgIpc) is 2.33. The molecule has 1 aromatic rings. The lowest BCUT2D eigenvalue weighted by molar-refractivity contribution is -0.133. The number of carboxylic acid groups (broad SMARTS) is 1. The minimum absolute atomic E-state index is 0.0116. The van der Waals surface area contributed by atoms with Gasteiger partial charge in [-0.2, -0.15) is 0 Å². The predicted molar refractivity (Wildman–Crippen MR) is 73.1 cm³/mol. The highest BCUT2D eigenvalue weighted by Gasteiger charge is 2.29. The summed E-state index contributed by atoms with van der Waals surface area (Å²) in [5.74, 6) is -1.81. The zero-order chi connectivity index (χ0) is 14.8. The van der Waals surface area contributed by atoms with Crippen molar-refractivity contribution in [2.75, 3.05) is 12.4 Å². The zero-order valence-electron chi connectivity index (χ0n) is 10.6. The molecule has 0 heterocycles. The molecule has 19 heavy (non-hydrogen) atoms. The topological polar surface area (TPSA) is 75.6 Å². The summed E-state index contributed by atoms with van der Waals surface area (Å²) >= 11 is 11.7. The molecule has 1 amide bonds. The lowest BCUT2D eigenvalue weighted by Crippen LogP contribution is -2.39. The fourth-order valence-corrected chi connectivity index (χ4v) is 1.68. The number of benzene rings is 1. The van der Waals surface area contributed by atoms with Crippen LogP contribution in [0, 0.1) is 0 Å². The Morgan fingerprint density at radius 3 is 2.26 bits per heavy atom. The molecule has 2 N–H and O–H groups in total. The van der Waals surface area contributed by atoms with Crippen LogP contribution in [0.2, 0.25) is 10.0 Å². The molecule has 0 atom stereocenters. The van der Waals surface area contributed by atoms with Gasteiger partial charge >= 0.3 is 5.97 Å². The quantitative estimate of drug-likeness (QED) is 0.896. The van der Waals surface area contributed by atoms with Crippen LogP contribution in [-0.4, -0.2) is 29.7 Å². The first kappa shape index (κ1) is 15.8. The Kier molecular flexibility index (Phi) is 4.79. The summed E-state index contributed by atoms with van der Waals surface area (Å²) in [4.78, 5) is 23.1. The lowest BCUT2D eigenvalue weighted by Gasteiger charge is -2.22. The van der Waals surface area contributed by atoms with Crippen LogP contribution >= 0.6 is 23.2 Å². The molecule has 0 aromatic heterocycles. The normalized spacial score (nSPS) is 11.2. The molecule has 1 rings (SSSR count). The third-order valence-corrected chi connectivity index (χ3v) is 3.24. The second-order valence-electron chi connectivity index (χ2n) is 4.25. The molecule has 7 heteroatoms. The van der Waals surface area contributed by atoms with E-state index >= 15 is 0 Å². The van der Waals surface area contributed by atoms with E-state index in [0.717, 1.165) is 0 Å². The van der Waals surface area contributed by atoms with Crippen LogP contribution in [0.1, 0.15) is 24.2 Å². The van der Waals surface area contributed by atoms with Gasteiger partial charge in [0, 0.05) is 7.11 Å². The number of ether oxygens (including phenoxy) is 1. The standard InChI is InChI=1S/C12H13Cl2NO4/c1-12(2,19-3)11(18)15-9-7(14)5-4-6(13)8(9)10(16)17/h4-5H,1-3H3,(H,15,18)(H,16,17). The summed E-state index contributed by atoms with van der Waals surface area (Å²) in [5.41, 5.74) is -1.42. The Labute approximate surface area is 120 Å². The van der Waals surface area contributed by atoms with Gasteiger partial charge in [0.1, 0.15) is 11.2 Å². The van der Waals surface area contributed by atoms with Crippen LogP contribution in [0.15, 0.2) is 12.1 Å². The van der Waals surface area contributed by atoms with Gasteiger partial charge in [0.15, 0.2) is 0 Å². The molecule has 0 radical (unpaired) electrons. The van der Waals surface area contributed by atoms with Gasteiger partial charge in [0.25, 0.3) is 5.91 Å². The van der Waals surface area contributed by atoms with E-state index in [0.29, 0.717) is 0 Å². The van der Waals surface area contributed by atoms with Crippen LogP contribution in [-0.2, 0) is 9.53 Å². The van der Waals surface area contributed by atoms with E-state index in [4.69, 9.17) is 33.0 Å². The first-order chi connectivity index (χ1) is 8.70. The van der Waals surface area contributed by atoms with Gasteiger partial charge in [-0.15, -0.1) is 0 Å². The molecule has 1 aromatic carbocycles. The molecule has 5 nitrogen and oxygen atoms in total. The number of rotatable bonds is 4. The summed E-state index contributed by atoms with van der Waals surface area (Å²) in [5, 5.41) is 11.6. The minimum atomic E-state index is -1.28. The molecule has 0 spiro atoms. The number of hydrogen-bond acceptors (Lipinski definition) is 3. The molecular formula is C12H13Cl2NO4. The van der Waals surface area contributed by atoms with Crippen molar-refractivity contribution >= 4 is 40.8 Å². The summed E-state index contributed by atoms with van der Waals surface area (Å²) in [7, 11) is 1.37. The van der Waals surface area contributed by atoms with Crippen molar-refractivity contribution in [2.24, 2.45) is 0 Å². The van der Waals surface area contributed by atoms with E-state index in [-0.39, 0.29) is 21.3 Å². The Hall–Kier alpha value is -1.30. The third kappa shape index (κ3) is 3.37. The Bertz CT molecular complexity index is 529. The number of nitrogens with one attached hydrogen (secondary N) is 1. The fraction of sp³-hybridized carbons (Fsp3) is 0.333. The second-order valence-corrected chi connectivity index (χ2v) is 5.07. The smallest absolute Gasteiger partial charge is 0.339 e. The van der Waals surface area contributed by atoms with E-state index in [1.165, 1.54) is 19.2 Å². The Morgan fingerprint density at radius 2 is 1.79 bits per heavy atom. The first-order valence-corrected chi connectivity index (χ1v) is 6.04. The summed E-state index contributed by atoms with van der Waals surface area (Å²) in [6.07, 6.45) is 0. The first-order valence-electron chi connectivity index (χ1n) is 5.28. The SMILES string of the molecule is COC(C)(C)C(=O)Nc1c(Cl)ccc(Cl)c1C(=O)O. The summed E-state index contributed by atoms with van der Waals surface area (Å²) < 4.78 is 5.01. The van der Waals surface area contributed by atoms with Gasteiger partial charge in [-0.05, 0) is 26.0 Å². The molecule has 104 valence electrons. The summed E-state index contributed by atoms with van der Waals surface area (Å²) in [6.45, 7) is 3.09. The molecule has 0 fully saturated rings. The molecule has 0 aliphatic carbocycles. The highest BCUT2D eigenvalue weighted by molar-refractivity contribution is 6.38. The maximum Gasteiger partial charge on any atom is 0.339 e. The maximum absolute atomic E-state index is 12.0. The number of carbonyl (C=O) groups is 2. The monoisotopic (exact) mass is 305 g/mol. The average molecular weight is 306 g/mol. The van der Waals surface area contributed by atoms with Crippen molar-refractivity contribution < 1.29 is 19.4 Å². The maximum atomic E-state index is 12.0. The van der Waals surface area contributed by atoms with E-state index < -0.39 is 17.5 Å². The Balaban J connectivity index is 3.25. The third-order valence-electron chi connectivity index (χ3n) is 2.61. The number of carbonyl (C=O) groups excluding carboxylic acids is 1.